The van der Waals surface area contributed by atoms with Crippen LogP contribution < -0.4 is 10.0 Å². The zero-order valence-electron chi connectivity index (χ0n) is 13.8. The highest BCUT2D eigenvalue weighted by Gasteiger charge is 2.44. The van der Waals surface area contributed by atoms with Gasteiger partial charge in [0.25, 0.3) is 10.0 Å². The summed E-state index contributed by atoms with van der Waals surface area (Å²) in [5.74, 6) is 0.0157. The smallest absolute Gasteiger partial charge is 0.261 e. The van der Waals surface area contributed by atoms with Crippen LogP contribution in [-0.4, -0.2) is 21.4 Å². The summed E-state index contributed by atoms with van der Waals surface area (Å²) in [5.41, 5.74) is 0.917. The Hall–Kier alpha value is -1.86. The number of hydrogen-bond donors (Lipinski definition) is 2. The minimum atomic E-state index is -3.64. The number of amides is 1. The van der Waals surface area contributed by atoms with Crippen LogP contribution in [0, 0.1) is 0 Å². The highest BCUT2D eigenvalue weighted by Crippen LogP contribution is 2.44. The van der Waals surface area contributed by atoms with Gasteiger partial charge in [-0.05, 0) is 54.8 Å². The molecule has 0 radical (unpaired) electrons. The van der Waals surface area contributed by atoms with E-state index in [0.29, 0.717) is 5.69 Å². The Balaban J connectivity index is 1.81. The molecule has 0 unspecified atom stereocenters. The standard InChI is InChI=1S/C18H19BrN2O3S/c1-20-17(22)18(11-2-12-18)13-3-7-15(8-4-13)21-25(23,24)16-9-5-14(19)6-10-16/h3-10,21H,2,11-12H2,1H3,(H,20,22). The molecular weight excluding hydrogens is 404 g/mol. The number of rotatable bonds is 5. The van der Waals surface area contributed by atoms with Crippen molar-refractivity contribution < 1.29 is 13.2 Å². The minimum absolute atomic E-state index is 0.0157. The first kappa shape index (κ1) is 17.9. The number of carbonyl (C=O) groups excluding carboxylic acids is 1. The van der Waals surface area contributed by atoms with Crippen molar-refractivity contribution >= 4 is 37.5 Å². The number of hydrogen-bond acceptors (Lipinski definition) is 3. The quantitative estimate of drug-likeness (QED) is 0.774. The molecule has 0 aliphatic heterocycles. The van der Waals surface area contributed by atoms with Crippen LogP contribution >= 0.6 is 15.9 Å². The number of benzene rings is 2. The number of nitrogens with one attached hydrogen (secondary N) is 2. The third kappa shape index (κ3) is 3.43. The maximum atomic E-state index is 12.4. The highest BCUT2D eigenvalue weighted by atomic mass is 79.9. The Morgan fingerprint density at radius 3 is 2.12 bits per heavy atom. The Morgan fingerprint density at radius 2 is 1.64 bits per heavy atom. The predicted octanol–water partition coefficient (Wildman–Crippen LogP) is 3.42. The fraction of sp³-hybridized carbons (Fsp3) is 0.278. The van der Waals surface area contributed by atoms with Gasteiger partial charge in [0.05, 0.1) is 10.3 Å². The van der Waals surface area contributed by atoms with E-state index in [-0.39, 0.29) is 10.8 Å². The van der Waals surface area contributed by atoms with Crippen molar-refractivity contribution in [2.75, 3.05) is 11.8 Å². The molecule has 0 saturated heterocycles. The van der Waals surface area contributed by atoms with Crippen LogP contribution in [0.15, 0.2) is 57.9 Å². The van der Waals surface area contributed by atoms with Crippen LogP contribution in [0.25, 0.3) is 0 Å². The second-order valence-electron chi connectivity index (χ2n) is 6.15. The first-order valence-electron chi connectivity index (χ1n) is 7.98. The molecule has 2 N–H and O–H groups in total. The molecule has 2 aromatic rings. The molecule has 1 saturated carbocycles. The van der Waals surface area contributed by atoms with Crippen molar-refractivity contribution in [2.45, 2.75) is 29.6 Å². The van der Waals surface area contributed by atoms with Crippen molar-refractivity contribution in [3.63, 3.8) is 0 Å². The van der Waals surface area contributed by atoms with E-state index in [1.54, 1.807) is 31.3 Å². The van der Waals surface area contributed by atoms with E-state index in [0.717, 1.165) is 29.3 Å². The molecule has 1 aliphatic carbocycles. The zero-order valence-corrected chi connectivity index (χ0v) is 16.2. The van der Waals surface area contributed by atoms with Crippen molar-refractivity contribution in [1.82, 2.24) is 5.32 Å². The number of sulfonamides is 1. The van der Waals surface area contributed by atoms with Gasteiger partial charge >= 0.3 is 0 Å². The second-order valence-corrected chi connectivity index (χ2v) is 8.75. The summed E-state index contributed by atoms with van der Waals surface area (Å²) in [5, 5.41) is 2.73. The van der Waals surface area contributed by atoms with E-state index < -0.39 is 15.4 Å². The van der Waals surface area contributed by atoms with Crippen LogP contribution in [-0.2, 0) is 20.2 Å². The van der Waals surface area contributed by atoms with Crippen LogP contribution in [0.3, 0.4) is 0 Å². The van der Waals surface area contributed by atoms with E-state index >= 15 is 0 Å². The molecule has 3 rings (SSSR count). The third-order valence-corrected chi connectivity index (χ3v) is 6.61. The maximum Gasteiger partial charge on any atom is 0.261 e. The van der Waals surface area contributed by atoms with Gasteiger partial charge in [0.15, 0.2) is 0 Å². The number of likely N-dealkylation sites (N-methyl/N-ethyl adjacent to an activating group) is 1. The molecule has 132 valence electrons. The summed E-state index contributed by atoms with van der Waals surface area (Å²) in [6.07, 6.45) is 2.65. The lowest BCUT2D eigenvalue weighted by atomic mass is 9.64. The number of carbonyl (C=O) groups is 1. The van der Waals surface area contributed by atoms with Gasteiger partial charge in [-0.3, -0.25) is 9.52 Å². The zero-order chi connectivity index (χ0) is 18.1. The monoisotopic (exact) mass is 422 g/mol. The SMILES string of the molecule is CNC(=O)C1(c2ccc(NS(=O)(=O)c3ccc(Br)cc3)cc2)CCC1. The fourth-order valence-electron chi connectivity index (χ4n) is 3.10. The lowest BCUT2D eigenvalue weighted by Crippen LogP contribution is -2.48. The molecule has 1 fully saturated rings. The van der Waals surface area contributed by atoms with Gasteiger partial charge in [-0.15, -0.1) is 0 Å². The van der Waals surface area contributed by atoms with Crippen LogP contribution in [0.4, 0.5) is 5.69 Å². The summed E-state index contributed by atoms with van der Waals surface area (Å²) in [6, 6.07) is 13.5. The molecule has 7 heteroatoms. The average Bonchev–Trinajstić information content (AvgIpc) is 2.55. The molecule has 0 spiro atoms. The van der Waals surface area contributed by atoms with Crippen molar-refractivity contribution in [2.24, 2.45) is 0 Å². The van der Waals surface area contributed by atoms with Crippen LogP contribution in [0.1, 0.15) is 24.8 Å². The lowest BCUT2D eigenvalue weighted by molar-refractivity contribution is -0.129. The van der Waals surface area contributed by atoms with E-state index in [2.05, 4.69) is 26.0 Å². The number of halogens is 1. The maximum absolute atomic E-state index is 12.4. The molecule has 0 aromatic heterocycles. The normalized spacial score (nSPS) is 15.9. The molecule has 1 aliphatic rings. The molecule has 0 atom stereocenters. The summed E-state index contributed by atoms with van der Waals surface area (Å²) in [6.45, 7) is 0. The second kappa shape index (κ2) is 6.80. The van der Waals surface area contributed by atoms with E-state index in [9.17, 15) is 13.2 Å². The first-order chi connectivity index (χ1) is 11.9. The molecule has 2 aromatic carbocycles. The van der Waals surface area contributed by atoms with E-state index in [4.69, 9.17) is 0 Å². The molecule has 0 heterocycles. The average molecular weight is 423 g/mol. The van der Waals surface area contributed by atoms with Gasteiger partial charge in [0, 0.05) is 17.2 Å². The van der Waals surface area contributed by atoms with E-state index in [1.165, 1.54) is 12.1 Å². The van der Waals surface area contributed by atoms with E-state index in [1.807, 2.05) is 12.1 Å². The van der Waals surface area contributed by atoms with Crippen molar-refractivity contribution in [1.29, 1.82) is 0 Å². The van der Waals surface area contributed by atoms with Crippen molar-refractivity contribution in [3.05, 3.63) is 58.6 Å². The third-order valence-electron chi connectivity index (χ3n) is 4.68. The first-order valence-corrected chi connectivity index (χ1v) is 10.3. The van der Waals surface area contributed by atoms with Gasteiger partial charge in [0.2, 0.25) is 5.91 Å². The molecule has 1 amide bonds. The molecule has 5 nitrogen and oxygen atoms in total. The Kier molecular flexibility index (Phi) is 4.88. The van der Waals surface area contributed by atoms with Crippen LogP contribution in [0.2, 0.25) is 0 Å². The molecule has 25 heavy (non-hydrogen) atoms. The fourth-order valence-corrected chi connectivity index (χ4v) is 4.42. The van der Waals surface area contributed by atoms with Crippen molar-refractivity contribution in [3.8, 4) is 0 Å². The van der Waals surface area contributed by atoms with Gasteiger partial charge in [-0.25, -0.2) is 8.42 Å². The predicted molar refractivity (Wildman–Crippen MR) is 101 cm³/mol. The Bertz CT molecular complexity index is 874. The Labute approximate surface area is 156 Å². The van der Waals surface area contributed by atoms with Gasteiger partial charge in [-0.2, -0.15) is 0 Å². The minimum Gasteiger partial charge on any atom is -0.358 e. The van der Waals surface area contributed by atoms with Crippen LogP contribution in [0.5, 0.6) is 0 Å². The topological polar surface area (TPSA) is 75.3 Å². The summed E-state index contributed by atoms with van der Waals surface area (Å²) < 4.78 is 28.2. The summed E-state index contributed by atoms with van der Waals surface area (Å²) >= 11 is 3.29. The Morgan fingerprint density at radius 1 is 1.04 bits per heavy atom. The molecular formula is C18H19BrN2O3S. The largest absolute Gasteiger partial charge is 0.358 e. The van der Waals surface area contributed by atoms with Gasteiger partial charge in [0.1, 0.15) is 0 Å². The van der Waals surface area contributed by atoms with Gasteiger partial charge < -0.3 is 5.32 Å². The van der Waals surface area contributed by atoms with Gasteiger partial charge in [-0.1, -0.05) is 34.5 Å². The summed E-state index contributed by atoms with van der Waals surface area (Å²) in [4.78, 5) is 12.4. The lowest BCUT2D eigenvalue weighted by Gasteiger charge is -2.40. The molecule has 0 bridgehead atoms. The summed E-state index contributed by atoms with van der Waals surface area (Å²) in [7, 11) is -2.00. The highest BCUT2D eigenvalue weighted by molar-refractivity contribution is 9.10. The number of anilines is 1.